The predicted octanol–water partition coefficient (Wildman–Crippen LogP) is 3.38. The Hall–Kier alpha value is -2.60. The Labute approximate surface area is 165 Å². The monoisotopic (exact) mass is 386 g/mol. The molecule has 2 aromatic rings. The van der Waals surface area contributed by atoms with Gasteiger partial charge in [-0.05, 0) is 68.8 Å². The molecule has 5 nitrogen and oxygen atoms in total. The van der Waals surface area contributed by atoms with Gasteiger partial charge in [-0.15, -0.1) is 0 Å². The number of piperidine rings is 1. The molecule has 1 aliphatic rings. The van der Waals surface area contributed by atoms with E-state index in [0.29, 0.717) is 12.3 Å². The summed E-state index contributed by atoms with van der Waals surface area (Å²) in [5.74, 6) is 0.751. The molecule has 0 unspecified atom stereocenters. The number of likely N-dealkylation sites (tertiary alicyclic amines) is 1. The van der Waals surface area contributed by atoms with Gasteiger partial charge in [0.15, 0.2) is 6.10 Å². The summed E-state index contributed by atoms with van der Waals surface area (Å²) in [5, 5.41) is 2.85. The highest BCUT2D eigenvalue weighted by Crippen LogP contribution is 2.19. The topological polar surface area (TPSA) is 50.8 Å². The van der Waals surface area contributed by atoms with Gasteiger partial charge in [0.2, 0.25) is 0 Å². The van der Waals surface area contributed by atoms with E-state index in [-0.39, 0.29) is 17.8 Å². The molecule has 0 saturated carbocycles. The zero-order chi connectivity index (χ0) is 19.9. The van der Waals surface area contributed by atoms with Crippen LogP contribution in [-0.2, 0) is 11.3 Å². The van der Waals surface area contributed by atoms with Crippen molar-refractivity contribution in [3.8, 4) is 11.5 Å². The Morgan fingerprint density at radius 3 is 2.36 bits per heavy atom. The zero-order valence-electron chi connectivity index (χ0n) is 16.4. The lowest BCUT2D eigenvalue weighted by Crippen LogP contribution is -2.36. The molecule has 1 fully saturated rings. The molecule has 1 amide bonds. The van der Waals surface area contributed by atoms with Crippen molar-refractivity contribution in [1.29, 1.82) is 0 Å². The normalized spacial score (nSPS) is 16.4. The molecule has 1 N–H and O–H groups in total. The minimum absolute atomic E-state index is 0.226. The molecule has 0 radical (unpaired) electrons. The van der Waals surface area contributed by atoms with Crippen LogP contribution in [0.2, 0.25) is 0 Å². The Kier molecular flexibility index (Phi) is 6.87. The molecule has 0 aromatic heterocycles. The van der Waals surface area contributed by atoms with Crippen LogP contribution in [-0.4, -0.2) is 43.2 Å². The number of carbonyl (C=O) groups is 1. The molecule has 1 saturated heterocycles. The van der Waals surface area contributed by atoms with E-state index in [1.807, 2.05) is 24.3 Å². The average molecular weight is 386 g/mol. The Morgan fingerprint density at radius 2 is 1.71 bits per heavy atom. The third kappa shape index (κ3) is 5.96. The van der Waals surface area contributed by atoms with Crippen LogP contribution in [0.25, 0.3) is 0 Å². The van der Waals surface area contributed by atoms with Gasteiger partial charge in [0.05, 0.1) is 0 Å². The number of halogens is 1. The van der Waals surface area contributed by atoms with Gasteiger partial charge in [-0.1, -0.05) is 12.1 Å². The first-order chi connectivity index (χ1) is 13.5. The summed E-state index contributed by atoms with van der Waals surface area (Å²) in [6.45, 7) is 4.20. The standard InChI is InChI=1S/C22H27FN2O3/c1-16(27-19-9-5-18(23)6-10-19)22(26)24-15-17-3-7-20(8-4-17)28-21-11-13-25(2)14-12-21/h3-10,16,21H,11-15H2,1-2H3,(H,24,26)/t16-/m1/s1. The molecule has 1 aliphatic heterocycles. The number of amides is 1. The van der Waals surface area contributed by atoms with Crippen LogP contribution in [0.1, 0.15) is 25.3 Å². The van der Waals surface area contributed by atoms with Crippen LogP contribution in [0.3, 0.4) is 0 Å². The molecular weight excluding hydrogens is 359 g/mol. The highest BCUT2D eigenvalue weighted by atomic mass is 19.1. The first-order valence-electron chi connectivity index (χ1n) is 9.63. The lowest BCUT2D eigenvalue weighted by atomic mass is 10.1. The van der Waals surface area contributed by atoms with Crippen molar-refractivity contribution in [2.24, 2.45) is 0 Å². The Balaban J connectivity index is 1.43. The number of hydrogen-bond donors (Lipinski definition) is 1. The third-order valence-corrected chi connectivity index (χ3v) is 4.85. The second kappa shape index (κ2) is 9.55. The summed E-state index contributed by atoms with van der Waals surface area (Å²) in [6.07, 6.45) is 1.68. The third-order valence-electron chi connectivity index (χ3n) is 4.85. The van der Waals surface area contributed by atoms with E-state index in [2.05, 4.69) is 17.3 Å². The molecule has 0 spiro atoms. The molecule has 150 valence electrons. The number of nitrogens with zero attached hydrogens (tertiary/aromatic N) is 1. The van der Waals surface area contributed by atoms with Crippen molar-refractivity contribution in [1.82, 2.24) is 10.2 Å². The Morgan fingerprint density at radius 1 is 1.11 bits per heavy atom. The second-order valence-electron chi connectivity index (χ2n) is 7.20. The van der Waals surface area contributed by atoms with Gasteiger partial charge in [-0.2, -0.15) is 0 Å². The zero-order valence-corrected chi connectivity index (χ0v) is 16.4. The van der Waals surface area contributed by atoms with Crippen molar-refractivity contribution >= 4 is 5.91 Å². The van der Waals surface area contributed by atoms with Gasteiger partial charge in [0.25, 0.3) is 5.91 Å². The quantitative estimate of drug-likeness (QED) is 0.793. The van der Waals surface area contributed by atoms with Crippen molar-refractivity contribution < 1.29 is 18.7 Å². The lowest BCUT2D eigenvalue weighted by Gasteiger charge is -2.29. The van der Waals surface area contributed by atoms with Gasteiger partial charge < -0.3 is 19.7 Å². The highest BCUT2D eigenvalue weighted by Gasteiger charge is 2.18. The molecule has 0 aliphatic carbocycles. The van der Waals surface area contributed by atoms with E-state index < -0.39 is 6.10 Å². The fourth-order valence-corrected chi connectivity index (χ4v) is 3.08. The van der Waals surface area contributed by atoms with E-state index in [0.717, 1.165) is 37.2 Å². The number of carbonyl (C=O) groups excluding carboxylic acids is 1. The summed E-state index contributed by atoms with van der Waals surface area (Å²) in [4.78, 5) is 14.5. The minimum Gasteiger partial charge on any atom is -0.490 e. The first-order valence-corrected chi connectivity index (χ1v) is 9.63. The number of benzene rings is 2. The summed E-state index contributed by atoms with van der Waals surface area (Å²) in [5.41, 5.74) is 0.984. The molecular formula is C22H27FN2O3. The summed E-state index contributed by atoms with van der Waals surface area (Å²) >= 11 is 0. The number of hydrogen-bond acceptors (Lipinski definition) is 4. The maximum Gasteiger partial charge on any atom is 0.261 e. The van der Waals surface area contributed by atoms with Crippen molar-refractivity contribution in [2.75, 3.05) is 20.1 Å². The van der Waals surface area contributed by atoms with Gasteiger partial charge in [0, 0.05) is 19.6 Å². The average Bonchev–Trinajstić information content (AvgIpc) is 2.70. The van der Waals surface area contributed by atoms with Crippen LogP contribution in [0.4, 0.5) is 4.39 Å². The maximum absolute atomic E-state index is 12.9. The van der Waals surface area contributed by atoms with Crippen LogP contribution >= 0.6 is 0 Å². The molecule has 1 atom stereocenters. The van der Waals surface area contributed by atoms with E-state index >= 15 is 0 Å². The predicted molar refractivity (Wildman–Crippen MR) is 106 cm³/mol. The van der Waals surface area contributed by atoms with Gasteiger partial charge in [-0.25, -0.2) is 4.39 Å². The van der Waals surface area contributed by atoms with Crippen LogP contribution < -0.4 is 14.8 Å². The first kappa shape index (κ1) is 20.1. The summed E-state index contributed by atoms with van der Waals surface area (Å²) < 4.78 is 24.5. The minimum atomic E-state index is -0.669. The summed E-state index contributed by atoms with van der Waals surface area (Å²) in [7, 11) is 2.13. The Bertz CT molecular complexity index is 756. The highest BCUT2D eigenvalue weighted by molar-refractivity contribution is 5.80. The molecule has 1 heterocycles. The van der Waals surface area contributed by atoms with Crippen LogP contribution in [0.5, 0.6) is 11.5 Å². The van der Waals surface area contributed by atoms with Crippen LogP contribution in [0.15, 0.2) is 48.5 Å². The van der Waals surface area contributed by atoms with Gasteiger partial charge in [0.1, 0.15) is 23.4 Å². The largest absolute Gasteiger partial charge is 0.490 e. The lowest BCUT2D eigenvalue weighted by molar-refractivity contribution is -0.127. The maximum atomic E-state index is 12.9. The fraction of sp³-hybridized carbons (Fsp3) is 0.409. The molecule has 28 heavy (non-hydrogen) atoms. The van der Waals surface area contributed by atoms with Crippen molar-refractivity contribution in [3.63, 3.8) is 0 Å². The SMILES string of the molecule is C[C@@H](Oc1ccc(F)cc1)C(=O)NCc1ccc(OC2CCN(C)CC2)cc1. The number of ether oxygens (including phenoxy) is 2. The van der Waals surface area contributed by atoms with E-state index in [1.54, 1.807) is 6.92 Å². The second-order valence-corrected chi connectivity index (χ2v) is 7.20. The number of nitrogens with one attached hydrogen (secondary N) is 1. The smallest absolute Gasteiger partial charge is 0.261 e. The molecule has 0 bridgehead atoms. The van der Waals surface area contributed by atoms with Gasteiger partial charge >= 0.3 is 0 Å². The molecule has 3 rings (SSSR count). The van der Waals surface area contributed by atoms with E-state index in [1.165, 1.54) is 24.3 Å². The summed E-state index contributed by atoms with van der Waals surface area (Å²) in [6, 6.07) is 13.4. The fourth-order valence-electron chi connectivity index (χ4n) is 3.08. The van der Waals surface area contributed by atoms with E-state index in [4.69, 9.17) is 9.47 Å². The van der Waals surface area contributed by atoms with E-state index in [9.17, 15) is 9.18 Å². The number of rotatable bonds is 7. The van der Waals surface area contributed by atoms with Crippen molar-refractivity contribution in [3.05, 3.63) is 59.9 Å². The molecule has 2 aromatic carbocycles. The van der Waals surface area contributed by atoms with Crippen LogP contribution in [0, 0.1) is 5.82 Å². The molecule has 6 heteroatoms. The van der Waals surface area contributed by atoms with Gasteiger partial charge in [-0.3, -0.25) is 4.79 Å². The van der Waals surface area contributed by atoms with Crippen molar-refractivity contribution in [2.45, 2.75) is 38.5 Å².